The predicted octanol–water partition coefficient (Wildman–Crippen LogP) is 1.82. The number of amides is 1. The molecule has 5 nitrogen and oxygen atoms in total. The number of carbonyl (C=O) groups excluding carboxylic acids is 1. The van der Waals surface area contributed by atoms with Gasteiger partial charge in [-0.25, -0.2) is 4.79 Å². The highest BCUT2D eigenvalue weighted by molar-refractivity contribution is 5.87. The van der Waals surface area contributed by atoms with Gasteiger partial charge in [0.1, 0.15) is 6.04 Å². The van der Waals surface area contributed by atoms with Crippen LogP contribution in [0.4, 0.5) is 0 Å². The number of nitrogens with zero attached hydrogens (tertiary/aromatic N) is 2. The van der Waals surface area contributed by atoms with E-state index in [0.717, 1.165) is 38.3 Å². The number of hydrogen-bond donors (Lipinski definition) is 1. The van der Waals surface area contributed by atoms with Gasteiger partial charge in [0.2, 0.25) is 5.91 Å². The molecule has 2 aliphatic heterocycles. The fraction of sp³-hybridized carbons (Fsp3) is 0.875. The Labute approximate surface area is 127 Å². The van der Waals surface area contributed by atoms with Crippen molar-refractivity contribution < 1.29 is 14.7 Å². The molecule has 0 aliphatic carbocycles. The first-order valence-corrected chi connectivity index (χ1v) is 8.19. The summed E-state index contributed by atoms with van der Waals surface area (Å²) >= 11 is 0. The third-order valence-corrected chi connectivity index (χ3v) is 4.92. The van der Waals surface area contributed by atoms with Gasteiger partial charge in [-0.05, 0) is 50.6 Å². The third-order valence-electron chi connectivity index (χ3n) is 4.92. The molecule has 1 amide bonds. The van der Waals surface area contributed by atoms with E-state index in [-0.39, 0.29) is 17.9 Å². The third kappa shape index (κ3) is 3.57. The van der Waals surface area contributed by atoms with Gasteiger partial charge in [-0.2, -0.15) is 0 Å². The molecule has 2 fully saturated rings. The molecule has 0 aromatic heterocycles. The molecule has 0 radical (unpaired) electrons. The van der Waals surface area contributed by atoms with Crippen molar-refractivity contribution in [2.75, 3.05) is 19.6 Å². The summed E-state index contributed by atoms with van der Waals surface area (Å²) in [5, 5.41) is 9.29. The number of hydrogen-bond acceptors (Lipinski definition) is 3. The number of carbonyl (C=O) groups is 2. The van der Waals surface area contributed by atoms with Crippen LogP contribution in [0.3, 0.4) is 0 Å². The second-order valence-electron chi connectivity index (χ2n) is 6.94. The van der Waals surface area contributed by atoms with Crippen molar-refractivity contribution in [3.8, 4) is 0 Å². The van der Waals surface area contributed by atoms with Gasteiger partial charge in [0.05, 0.1) is 6.04 Å². The van der Waals surface area contributed by atoms with Gasteiger partial charge in [0.25, 0.3) is 0 Å². The minimum absolute atomic E-state index is 0.0180. The zero-order valence-electron chi connectivity index (χ0n) is 13.4. The second kappa shape index (κ2) is 6.77. The Morgan fingerprint density at radius 3 is 2.24 bits per heavy atom. The van der Waals surface area contributed by atoms with E-state index in [9.17, 15) is 14.7 Å². The van der Waals surface area contributed by atoms with E-state index in [1.807, 2.05) is 0 Å². The first-order chi connectivity index (χ1) is 9.91. The number of rotatable bonds is 4. The summed E-state index contributed by atoms with van der Waals surface area (Å²) in [6.45, 7) is 8.86. The van der Waals surface area contributed by atoms with Crippen LogP contribution >= 0.6 is 0 Å². The molecule has 2 saturated heterocycles. The highest BCUT2D eigenvalue weighted by Crippen LogP contribution is 2.26. The molecule has 5 heteroatoms. The SMILES string of the molecule is CC1CCN(C(C(=O)N2CCCC2C(=O)O)C(C)C)CC1. The van der Waals surface area contributed by atoms with E-state index in [1.165, 1.54) is 0 Å². The lowest BCUT2D eigenvalue weighted by molar-refractivity contribution is -0.151. The highest BCUT2D eigenvalue weighted by atomic mass is 16.4. The molecule has 0 bridgehead atoms. The number of likely N-dealkylation sites (tertiary alicyclic amines) is 2. The summed E-state index contributed by atoms with van der Waals surface area (Å²) in [7, 11) is 0. The fourth-order valence-electron chi connectivity index (χ4n) is 3.63. The number of carboxylic acid groups (broad SMARTS) is 1. The molecule has 2 heterocycles. The summed E-state index contributed by atoms with van der Waals surface area (Å²) in [6.07, 6.45) is 3.63. The molecule has 0 aromatic carbocycles. The minimum atomic E-state index is -0.865. The molecule has 0 spiro atoms. The van der Waals surface area contributed by atoms with Crippen molar-refractivity contribution in [2.24, 2.45) is 11.8 Å². The summed E-state index contributed by atoms with van der Waals surface area (Å²) in [6, 6.07) is -0.792. The van der Waals surface area contributed by atoms with Crippen LogP contribution in [-0.4, -0.2) is 58.5 Å². The maximum absolute atomic E-state index is 12.9. The Morgan fingerprint density at radius 2 is 1.71 bits per heavy atom. The Morgan fingerprint density at radius 1 is 1.10 bits per heavy atom. The van der Waals surface area contributed by atoms with Gasteiger partial charge in [-0.15, -0.1) is 0 Å². The molecule has 1 N–H and O–H groups in total. The van der Waals surface area contributed by atoms with Crippen LogP contribution in [0.5, 0.6) is 0 Å². The summed E-state index contributed by atoms with van der Waals surface area (Å²) in [4.78, 5) is 28.1. The van der Waals surface area contributed by atoms with Crippen molar-refractivity contribution in [3.05, 3.63) is 0 Å². The van der Waals surface area contributed by atoms with E-state index in [1.54, 1.807) is 4.90 Å². The van der Waals surface area contributed by atoms with Crippen LogP contribution in [-0.2, 0) is 9.59 Å². The molecule has 2 rings (SSSR count). The van der Waals surface area contributed by atoms with Gasteiger partial charge in [0.15, 0.2) is 0 Å². The minimum Gasteiger partial charge on any atom is -0.480 e. The maximum Gasteiger partial charge on any atom is 0.326 e. The zero-order chi connectivity index (χ0) is 15.6. The first-order valence-electron chi connectivity index (χ1n) is 8.19. The molecular formula is C16H28N2O3. The molecule has 120 valence electrons. The smallest absolute Gasteiger partial charge is 0.326 e. The molecule has 2 atom stereocenters. The van der Waals surface area contributed by atoms with Gasteiger partial charge in [-0.3, -0.25) is 9.69 Å². The largest absolute Gasteiger partial charge is 0.480 e. The monoisotopic (exact) mass is 296 g/mol. The first kappa shape index (κ1) is 16.3. The Bertz CT molecular complexity index is 389. The van der Waals surface area contributed by atoms with Gasteiger partial charge >= 0.3 is 5.97 Å². The Balaban J connectivity index is 2.10. The van der Waals surface area contributed by atoms with Crippen molar-refractivity contribution >= 4 is 11.9 Å². The van der Waals surface area contributed by atoms with Crippen LogP contribution in [0.1, 0.15) is 46.5 Å². The standard InChI is InChI=1S/C16H28N2O3/c1-11(2)14(17-9-6-12(3)7-10-17)15(19)18-8-4-5-13(18)16(20)21/h11-14H,4-10H2,1-3H3,(H,20,21). The average Bonchev–Trinajstić information content (AvgIpc) is 2.90. The molecular weight excluding hydrogens is 268 g/mol. The van der Waals surface area contributed by atoms with Gasteiger partial charge < -0.3 is 10.0 Å². The number of piperidine rings is 1. The maximum atomic E-state index is 12.9. The quantitative estimate of drug-likeness (QED) is 0.859. The van der Waals surface area contributed by atoms with E-state index in [0.29, 0.717) is 13.0 Å². The van der Waals surface area contributed by atoms with E-state index < -0.39 is 12.0 Å². The summed E-state index contributed by atoms with van der Waals surface area (Å²) in [5.41, 5.74) is 0. The predicted molar refractivity (Wildman–Crippen MR) is 81.0 cm³/mol. The van der Waals surface area contributed by atoms with Crippen LogP contribution in [0.25, 0.3) is 0 Å². The van der Waals surface area contributed by atoms with Crippen LogP contribution in [0, 0.1) is 11.8 Å². The molecule has 0 aromatic rings. The fourth-order valence-corrected chi connectivity index (χ4v) is 3.63. The number of carboxylic acids is 1. The van der Waals surface area contributed by atoms with Crippen molar-refractivity contribution in [1.29, 1.82) is 0 Å². The highest BCUT2D eigenvalue weighted by Gasteiger charge is 2.40. The molecule has 21 heavy (non-hydrogen) atoms. The topological polar surface area (TPSA) is 60.9 Å². The van der Waals surface area contributed by atoms with Gasteiger partial charge in [0, 0.05) is 6.54 Å². The van der Waals surface area contributed by atoms with Crippen molar-refractivity contribution in [3.63, 3.8) is 0 Å². The normalized spacial score (nSPS) is 26.3. The lowest BCUT2D eigenvalue weighted by atomic mass is 9.93. The van der Waals surface area contributed by atoms with Crippen LogP contribution in [0.15, 0.2) is 0 Å². The second-order valence-corrected chi connectivity index (χ2v) is 6.94. The molecule has 2 aliphatic rings. The van der Waals surface area contributed by atoms with Gasteiger partial charge in [-0.1, -0.05) is 20.8 Å². The molecule has 2 unspecified atom stereocenters. The Hall–Kier alpha value is -1.10. The summed E-state index contributed by atoms with van der Waals surface area (Å²) < 4.78 is 0. The lowest BCUT2D eigenvalue weighted by Crippen LogP contribution is -2.55. The lowest BCUT2D eigenvalue weighted by Gasteiger charge is -2.40. The Kier molecular flexibility index (Phi) is 5.25. The zero-order valence-corrected chi connectivity index (χ0v) is 13.4. The molecule has 0 saturated carbocycles. The van der Waals surface area contributed by atoms with Crippen LogP contribution in [0.2, 0.25) is 0 Å². The van der Waals surface area contributed by atoms with Crippen LogP contribution < -0.4 is 0 Å². The van der Waals surface area contributed by atoms with E-state index in [4.69, 9.17) is 0 Å². The van der Waals surface area contributed by atoms with Crippen molar-refractivity contribution in [2.45, 2.75) is 58.5 Å². The number of aliphatic carboxylic acids is 1. The summed E-state index contributed by atoms with van der Waals surface area (Å²) in [5.74, 6) is 0.0868. The van der Waals surface area contributed by atoms with Crippen molar-refractivity contribution in [1.82, 2.24) is 9.80 Å². The van der Waals surface area contributed by atoms with E-state index >= 15 is 0 Å². The average molecular weight is 296 g/mol. The van der Waals surface area contributed by atoms with E-state index in [2.05, 4.69) is 25.7 Å².